The number of hydrogen-bond acceptors (Lipinski definition) is 4. The van der Waals surface area contributed by atoms with Crippen molar-refractivity contribution in [1.82, 2.24) is 0 Å². The van der Waals surface area contributed by atoms with Crippen molar-refractivity contribution in [3.8, 4) is 0 Å². The first kappa shape index (κ1) is 17.7. The van der Waals surface area contributed by atoms with Crippen LogP contribution in [0.2, 0.25) is 0 Å². The van der Waals surface area contributed by atoms with E-state index in [1.165, 1.54) is 29.7 Å². The van der Waals surface area contributed by atoms with Gasteiger partial charge in [-0.1, -0.05) is 6.42 Å². The molecular formula is C20H23NO3S. The van der Waals surface area contributed by atoms with Gasteiger partial charge in [0.2, 0.25) is 0 Å². The second-order valence-corrected chi connectivity index (χ2v) is 7.74. The van der Waals surface area contributed by atoms with Crippen molar-refractivity contribution < 1.29 is 14.3 Å². The fraction of sp³-hybridized carbons (Fsp3) is 0.400. The fourth-order valence-electron chi connectivity index (χ4n) is 2.94. The third-order valence-corrected chi connectivity index (χ3v) is 5.43. The van der Waals surface area contributed by atoms with Gasteiger partial charge in [0.25, 0.3) is 5.91 Å². The molecule has 4 nitrogen and oxygen atoms in total. The van der Waals surface area contributed by atoms with Gasteiger partial charge in [0.1, 0.15) is 0 Å². The molecule has 0 radical (unpaired) electrons. The summed E-state index contributed by atoms with van der Waals surface area (Å²) in [6, 6.07) is 8.84. The number of ether oxygens (including phenoxy) is 1. The Balaban J connectivity index is 1.66. The highest BCUT2D eigenvalue weighted by Gasteiger charge is 2.17. The lowest BCUT2D eigenvalue weighted by molar-refractivity contribution is 0.0378. The van der Waals surface area contributed by atoms with E-state index in [1.807, 2.05) is 19.9 Å². The summed E-state index contributed by atoms with van der Waals surface area (Å²) < 4.78 is 5.16. The monoisotopic (exact) mass is 357 g/mol. The summed E-state index contributed by atoms with van der Waals surface area (Å²) in [5, 5.41) is 2.91. The number of hydrogen-bond donors (Lipinski definition) is 1. The lowest BCUT2D eigenvalue weighted by Gasteiger charge is -2.08. The van der Waals surface area contributed by atoms with Crippen LogP contribution in [0, 0.1) is 0 Å². The smallest absolute Gasteiger partial charge is 0.338 e. The van der Waals surface area contributed by atoms with Crippen molar-refractivity contribution >= 4 is 28.9 Å². The molecule has 0 aliphatic heterocycles. The molecule has 1 aromatic heterocycles. The first-order chi connectivity index (χ1) is 12.0. The quantitative estimate of drug-likeness (QED) is 0.629. The summed E-state index contributed by atoms with van der Waals surface area (Å²) in [5.74, 6) is -0.439. The van der Waals surface area contributed by atoms with Crippen molar-refractivity contribution in [3.05, 3.63) is 51.2 Å². The SMILES string of the molecule is CC(C)OC(=O)c1ccc(NC(=O)c2cc3c(s2)CCCCC3)cc1. The standard InChI is InChI=1S/C20H23NO3S/c1-13(2)24-20(23)14-8-10-16(11-9-14)21-19(22)18-12-15-6-4-3-5-7-17(15)25-18/h8-13H,3-7H2,1-2H3,(H,21,22). The van der Waals surface area contributed by atoms with Crippen molar-refractivity contribution in [3.63, 3.8) is 0 Å². The lowest BCUT2D eigenvalue weighted by Crippen LogP contribution is -2.12. The Morgan fingerprint density at radius 1 is 1.08 bits per heavy atom. The predicted octanol–water partition coefficient (Wildman–Crippen LogP) is 4.83. The summed E-state index contributed by atoms with van der Waals surface area (Å²) in [6.07, 6.45) is 5.70. The highest BCUT2D eigenvalue weighted by atomic mass is 32.1. The maximum Gasteiger partial charge on any atom is 0.338 e. The van der Waals surface area contributed by atoms with Gasteiger partial charge in [-0.05, 0) is 75.4 Å². The number of thiophene rings is 1. The van der Waals surface area contributed by atoms with Gasteiger partial charge in [0.05, 0.1) is 16.5 Å². The molecule has 1 heterocycles. The largest absolute Gasteiger partial charge is 0.459 e. The number of carbonyl (C=O) groups is 2. The fourth-order valence-corrected chi connectivity index (χ4v) is 4.09. The Morgan fingerprint density at radius 2 is 1.80 bits per heavy atom. The van der Waals surface area contributed by atoms with Crippen LogP contribution in [0.25, 0.3) is 0 Å². The van der Waals surface area contributed by atoms with Crippen molar-refractivity contribution in [2.75, 3.05) is 5.32 Å². The van der Waals surface area contributed by atoms with Gasteiger partial charge in [-0.2, -0.15) is 0 Å². The highest BCUT2D eigenvalue weighted by Crippen LogP contribution is 2.29. The average Bonchev–Trinajstić information content (AvgIpc) is 2.86. The highest BCUT2D eigenvalue weighted by molar-refractivity contribution is 7.14. The number of carbonyl (C=O) groups excluding carboxylic acids is 2. The molecule has 1 aliphatic rings. The van der Waals surface area contributed by atoms with E-state index < -0.39 is 0 Å². The molecule has 0 saturated carbocycles. The van der Waals surface area contributed by atoms with E-state index in [-0.39, 0.29) is 18.0 Å². The van der Waals surface area contributed by atoms with Gasteiger partial charge in [-0.3, -0.25) is 4.79 Å². The first-order valence-electron chi connectivity index (χ1n) is 8.77. The Bertz CT molecular complexity index is 738. The minimum atomic E-state index is -0.352. The number of esters is 1. The van der Waals surface area contributed by atoms with E-state index >= 15 is 0 Å². The van der Waals surface area contributed by atoms with Crippen molar-refractivity contribution in [2.24, 2.45) is 0 Å². The van der Waals surface area contributed by atoms with Crippen LogP contribution in [0.4, 0.5) is 5.69 Å². The Hall–Kier alpha value is -2.14. The van der Waals surface area contributed by atoms with Crippen molar-refractivity contribution in [1.29, 1.82) is 0 Å². The number of nitrogens with one attached hydrogen (secondary N) is 1. The molecule has 1 aliphatic carbocycles. The third-order valence-electron chi connectivity index (χ3n) is 4.19. The summed E-state index contributed by atoms with van der Waals surface area (Å²) in [4.78, 5) is 26.4. The van der Waals surface area contributed by atoms with Crippen LogP contribution in [-0.4, -0.2) is 18.0 Å². The van der Waals surface area contributed by atoms with Gasteiger partial charge >= 0.3 is 5.97 Å². The normalized spacial score (nSPS) is 13.9. The van der Waals surface area contributed by atoms with Gasteiger partial charge in [0, 0.05) is 10.6 Å². The summed E-state index contributed by atoms with van der Waals surface area (Å²) >= 11 is 1.60. The lowest BCUT2D eigenvalue weighted by atomic mass is 10.1. The first-order valence-corrected chi connectivity index (χ1v) is 9.58. The zero-order valence-electron chi connectivity index (χ0n) is 14.6. The maximum atomic E-state index is 12.5. The van der Waals surface area contributed by atoms with E-state index in [9.17, 15) is 9.59 Å². The van der Waals surface area contributed by atoms with Crippen LogP contribution < -0.4 is 5.32 Å². The molecule has 0 fully saturated rings. The van der Waals surface area contributed by atoms with Crippen LogP contribution in [-0.2, 0) is 17.6 Å². The molecule has 0 saturated heterocycles. The number of benzene rings is 1. The Kier molecular flexibility index (Phi) is 5.53. The molecule has 5 heteroatoms. The molecule has 132 valence electrons. The molecule has 25 heavy (non-hydrogen) atoms. The molecule has 1 amide bonds. The maximum absolute atomic E-state index is 12.5. The summed E-state index contributed by atoms with van der Waals surface area (Å²) in [7, 11) is 0. The third kappa shape index (κ3) is 4.48. The van der Waals surface area contributed by atoms with E-state index in [0.717, 1.165) is 17.7 Å². The van der Waals surface area contributed by atoms with Crippen molar-refractivity contribution in [2.45, 2.75) is 52.1 Å². The van der Waals surface area contributed by atoms with Gasteiger partial charge in [-0.25, -0.2) is 4.79 Å². The summed E-state index contributed by atoms with van der Waals surface area (Å²) in [6.45, 7) is 3.63. The van der Waals surface area contributed by atoms with Crippen LogP contribution in [0.5, 0.6) is 0 Å². The van der Waals surface area contributed by atoms with E-state index in [0.29, 0.717) is 11.3 Å². The zero-order chi connectivity index (χ0) is 17.8. The Morgan fingerprint density at radius 3 is 2.52 bits per heavy atom. The molecule has 2 aromatic rings. The number of aryl methyl sites for hydroxylation is 2. The second kappa shape index (κ2) is 7.83. The predicted molar refractivity (Wildman–Crippen MR) is 101 cm³/mol. The number of fused-ring (bicyclic) bond motifs is 1. The zero-order valence-corrected chi connectivity index (χ0v) is 15.4. The van der Waals surface area contributed by atoms with E-state index in [4.69, 9.17) is 4.74 Å². The van der Waals surface area contributed by atoms with Gasteiger partial charge in [-0.15, -0.1) is 11.3 Å². The molecule has 1 aromatic carbocycles. The Labute approximate surface area is 152 Å². The molecular weight excluding hydrogens is 334 g/mol. The van der Waals surface area contributed by atoms with Crippen LogP contribution in [0.3, 0.4) is 0 Å². The molecule has 0 spiro atoms. The molecule has 0 atom stereocenters. The van der Waals surface area contributed by atoms with E-state index in [2.05, 4.69) is 5.32 Å². The topological polar surface area (TPSA) is 55.4 Å². The minimum absolute atomic E-state index is 0.0874. The number of rotatable bonds is 4. The van der Waals surface area contributed by atoms with E-state index in [1.54, 1.807) is 35.6 Å². The molecule has 1 N–H and O–H groups in total. The van der Waals surface area contributed by atoms with Gasteiger partial charge < -0.3 is 10.1 Å². The summed E-state index contributed by atoms with van der Waals surface area (Å²) in [5.41, 5.74) is 2.49. The van der Waals surface area contributed by atoms with Crippen LogP contribution in [0.1, 0.15) is 63.6 Å². The van der Waals surface area contributed by atoms with Crippen LogP contribution in [0.15, 0.2) is 30.3 Å². The average molecular weight is 357 g/mol. The number of amides is 1. The second-order valence-electron chi connectivity index (χ2n) is 6.61. The minimum Gasteiger partial charge on any atom is -0.459 e. The van der Waals surface area contributed by atoms with Crippen LogP contribution >= 0.6 is 11.3 Å². The molecule has 0 bridgehead atoms. The van der Waals surface area contributed by atoms with Gasteiger partial charge in [0.15, 0.2) is 0 Å². The molecule has 0 unspecified atom stereocenters. The molecule has 3 rings (SSSR count). The number of anilines is 1.